The highest BCUT2D eigenvalue weighted by Crippen LogP contribution is 2.51. The summed E-state index contributed by atoms with van der Waals surface area (Å²) in [6, 6.07) is 11.6. The van der Waals surface area contributed by atoms with Crippen molar-refractivity contribution in [2.75, 3.05) is 6.54 Å². The molecule has 2 aromatic carbocycles. The molecule has 5 N–H and O–H groups in total. The molecule has 10 nitrogen and oxygen atoms in total. The summed E-state index contributed by atoms with van der Waals surface area (Å²) in [6.07, 6.45) is -5.04. The van der Waals surface area contributed by atoms with Gasteiger partial charge in [-0.25, -0.2) is 4.79 Å². The normalized spacial score (nSPS) is 24.8. The number of carboxylic acid groups (broad SMARTS) is 1. The number of urea groups is 1. The number of hydrogen-bond donors (Lipinski definition) is 4. The van der Waals surface area contributed by atoms with E-state index in [0.717, 1.165) is 17.0 Å². The number of nitrogens with two attached hydrogens (primary N) is 1. The van der Waals surface area contributed by atoms with E-state index in [1.807, 2.05) is 0 Å². The van der Waals surface area contributed by atoms with Crippen LogP contribution in [0.2, 0.25) is 0 Å². The molecule has 2 heterocycles. The second-order valence-corrected chi connectivity index (χ2v) is 9.17. The zero-order valence-corrected chi connectivity index (χ0v) is 19.9. The third-order valence-corrected chi connectivity index (χ3v) is 6.81. The molecule has 2 aliphatic heterocycles. The van der Waals surface area contributed by atoms with Crippen molar-refractivity contribution >= 4 is 23.8 Å². The second kappa shape index (κ2) is 10.3. The number of nitrogens with zero attached hydrogens (tertiary/aromatic N) is 1. The Bertz CT molecular complexity index is 1240. The summed E-state index contributed by atoms with van der Waals surface area (Å²) in [5.74, 6) is -5.84. The van der Waals surface area contributed by atoms with Gasteiger partial charge in [-0.1, -0.05) is 42.5 Å². The monoisotopic (exact) mass is 534 g/mol. The molecular weight excluding hydrogens is 509 g/mol. The quantitative estimate of drug-likeness (QED) is 0.285. The summed E-state index contributed by atoms with van der Waals surface area (Å²) in [5.41, 5.74) is 3.94. The van der Waals surface area contributed by atoms with Gasteiger partial charge in [-0.05, 0) is 36.1 Å². The van der Waals surface area contributed by atoms with Crippen molar-refractivity contribution in [2.24, 2.45) is 17.6 Å². The number of fused-ring (bicyclic) bond motifs is 1. The molecule has 2 fully saturated rings. The average Bonchev–Trinajstić information content (AvgIpc) is 3.32. The average molecular weight is 534 g/mol. The molecule has 2 aliphatic rings. The number of imide groups is 1. The Morgan fingerprint density at radius 3 is 2.45 bits per heavy atom. The molecule has 4 rings (SSSR count). The van der Waals surface area contributed by atoms with Crippen LogP contribution in [0.4, 0.5) is 18.0 Å². The van der Waals surface area contributed by atoms with Crippen molar-refractivity contribution < 1.29 is 42.2 Å². The predicted octanol–water partition coefficient (Wildman–Crippen LogP) is 2.30. The fourth-order valence-electron chi connectivity index (χ4n) is 5.29. The van der Waals surface area contributed by atoms with Crippen LogP contribution >= 0.6 is 0 Å². The maximum absolute atomic E-state index is 13.6. The number of aliphatic carboxylic acids is 1. The number of nitrogens with one attached hydrogen (secondary N) is 2. The summed E-state index contributed by atoms with van der Waals surface area (Å²) in [5, 5.41) is 15.6. The van der Waals surface area contributed by atoms with Crippen molar-refractivity contribution in [2.45, 2.75) is 37.3 Å². The largest absolute Gasteiger partial charge is 0.573 e. The summed E-state index contributed by atoms with van der Waals surface area (Å²) >= 11 is 0. The molecule has 0 radical (unpaired) electrons. The Morgan fingerprint density at radius 2 is 1.82 bits per heavy atom. The Morgan fingerprint density at radius 1 is 1.11 bits per heavy atom. The van der Waals surface area contributed by atoms with Gasteiger partial charge in [0.05, 0.1) is 18.4 Å². The fourth-order valence-corrected chi connectivity index (χ4v) is 5.29. The third kappa shape index (κ3) is 5.28. The molecule has 4 amide bonds. The van der Waals surface area contributed by atoms with Crippen LogP contribution < -0.4 is 21.1 Å². The van der Waals surface area contributed by atoms with Crippen molar-refractivity contribution in [3.63, 3.8) is 0 Å². The van der Waals surface area contributed by atoms with Crippen LogP contribution in [-0.2, 0) is 20.9 Å². The number of carbonyl (C=O) groups is 4. The molecule has 0 bridgehead atoms. The minimum Gasteiger partial charge on any atom is -0.480 e. The molecule has 0 aliphatic carbocycles. The van der Waals surface area contributed by atoms with Gasteiger partial charge >= 0.3 is 18.4 Å². The number of likely N-dealkylation sites (tertiary alicyclic amines) is 1. The highest BCUT2D eigenvalue weighted by atomic mass is 19.4. The van der Waals surface area contributed by atoms with E-state index in [4.69, 9.17) is 5.73 Å². The molecule has 0 aromatic heterocycles. The molecule has 2 saturated heterocycles. The van der Waals surface area contributed by atoms with Crippen LogP contribution in [-0.4, -0.2) is 52.3 Å². The summed E-state index contributed by atoms with van der Waals surface area (Å²) in [4.78, 5) is 52.0. The highest BCUT2D eigenvalue weighted by Gasteiger charge is 2.68. The van der Waals surface area contributed by atoms with E-state index in [-0.39, 0.29) is 31.5 Å². The summed E-state index contributed by atoms with van der Waals surface area (Å²) < 4.78 is 42.5. The number of primary amides is 1. The lowest BCUT2D eigenvalue weighted by Crippen LogP contribution is -2.56. The number of rotatable bonds is 9. The van der Waals surface area contributed by atoms with Crippen molar-refractivity contribution in [1.82, 2.24) is 15.5 Å². The summed E-state index contributed by atoms with van der Waals surface area (Å²) in [6.45, 7) is -0.0761. The number of carbonyl (C=O) groups excluding carboxylic acids is 3. The summed E-state index contributed by atoms with van der Waals surface area (Å²) in [7, 11) is 0. The highest BCUT2D eigenvalue weighted by molar-refractivity contribution is 6.09. The fraction of sp³-hybridized carbons (Fsp3) is 0.360. The van der Waals surface area contributed by atoms with E-state index in [2.05, 4.69) is 15.4 Å². The zero-order valence-electron chi connectivity index (χ0n) is 19.9. The Balaban J connectivity index is 1.73. The molecule has 38 heavy (non-hydrogen) atoms. The second-order valence-electron chi connectivity index (χ2n) is 9.17. The van der Waals surface area contributed by atoms with Gasteiger partial charge in [-0.2, -0.15) is 0 Å². The maximum Gasteiger partial charge on any atom is 0.573 e. The number of alkyl halides is 3. The molecule has 13 heteroatoms. The molecule has 4 atom stereocenters. The van der Waals surface area contributed by atoms with Gasteiger partial charge in [0.15, 0.2) is 0 Å². The van der Waals surface area contributed by atoms with Crippen molar-refractivity contribution in [3.8, 4) is 5.75 Å². The topological polar surface area (TPSA) is 151 Å². The zero-order chi connectivity index (χ0) is 27.7. The van der Waals surface area contributed by atoms with Crippen LogP contribution in [0, 0.1) is 11.8 Å². The molecule has 2 aromatic rings. The smallest absolute Gasteiger partial charge is 0.480 e. The first-order valence-corrected chi connectivity index (χ1v) is 11.7. The lowest BCUT2D eigenvalue weighted by molar-refractivity contribution is -0.274. The Kier molecular flexibility index (Phi) is 7.31. The number of ether oxygens (including phenoxy) is 1. The van der Waals surface area contributed by atoms with E-state index >= 15 is 0 Å². The van der Waals surface area contributed by atoms with E-state index < -0.39 is 59.3 Å². The molecule has 4 unspecified atom stereocenters. The molecule has 0 spiro atoms. The van der Waals surface area contributed by atoms with Crippen LogP contribution in [0.25, 0.3) is 0 Å². The van der Waals surface area contributed by atoms with Crippen LogP contribution in [0.5, 0.6) is 5.75 Å². The van der Waals surface area contributed by atoms with Gasteiger partial charge < -0.3 is 20.9 Å². The van der Waals surface area contributed by atoms with Gasteiger partial charge in [0.1, 0.15) is 11.3 Å². The van der Waals surface area contributed by atoms with Gasteiger partial charge in [0, 0.05) is 12.6 Å². The van der Waals surface area contributed by atoms with Crippen LogP contribution in [0.3, 0.4) is 0 Å². The van der Waals surface area contributed by atoms with Gasteiger partial charge in [-0.3, -0.25) is 24.6 Å². The van der Waals surface area contributed by atoms with Gasteiger partial charge in [-0.15, -0.1) is 13.2 Å². The minimum atomic E-state index is -4.96. The van der Waals surface area contributed by atoms with E-state index in [9.17, 15) is 37.5 Å². The molecule has 202 valence electrons. The minimum absolute atomic E-state index is 0.0128. The molecular formula is C25H25F3N4O6. The number of benzene rings is 2. The molecule has 0 saturated carbocycles. The first-order chi connectivity index (χ1) is 17.9. The lowest BCUT2D eigenvalue weighted by atomic mass is 9.77. The maximum atomic E-state index is 13.6. The van der Waals surface area contributed by atoms with Crippen molar-refractivity contribution in [1.29, 1.82) is 0 Å². The number of hydrogen-bond acceptors (Lipinski definition) is 6. The standard InChI is InChI=1S/C25H25F3N4O6/c26-25(27,28)38-16-9-4-8-15(12-16)19-17-18(24(31-19,22(35)36)10-5-11-30-23(29)37)21(34)32(20(17)33)13-14-6-2-1-3-7-14/h1-4,6-9,12,17-19,31H,5,10-11,13H2,(H,35,36)(H3,29,30,37). The first kappa shape index (κ1) is 26.9. The predicted molar refractivity (Wildman–Crippen MR) is 125 cm³/mol. The lowest BCUT2D eigenvalue weighted by Gasteiger charge is -2.31. The van der Waals surface area contributed by atoms with E-state index in [0.29, 0.717) is 5.56 Å². The SMILES string of the molecule is NC(=O)NCCCC1(C(=O)O)NC(c2cccc(OC(F)(F)F)c2)C2C(=O)N(Cc3ccccc3)C(=O)C21. The van der Waals surface area contributed by atoms with Crippen LogP contribution in [0.1, 0.15) is 30.0 Å². The number of amides is 4. The van der Waals surface area contributed by atoms with Crippen molar-refractivity contribution in [3.05, 3.63) is 65.7 Å². The number of carboxylic acids is 1. The Labute approximate surface area is 214 Å². The Hall–Kier alpha value is -4.13. The van der Waals surface area contributed by atoms with Gasteiger partial charge in [0.25, 0.3) is 0 Å². The number of halogens is 3. The van der Waals surface area contributed by atoms with E-state index in [1.54, 1.807) is 30.3 Å². The van der Waals surface area contributed by atoms with Crippen LogP contribution in [0.15, 0.2) is 54.6 Å². The third-order valence-electron chi connectivity index (χ3n) is 6.81. The van der Waals surface area contributed by atoms with E-state index in [1.165, 1.54) is 12.1 Å². The van der Waals surface area contributed by atoms with Gasteiger partial charge in [0.2, 0.25) is 11.8 Å². The first-order valence-electron chi connectivity index (χ1n) is 11.7.